The van der Waals surface area contributed by atoms with Crippen molar-refractivity contribution in [2.45, 2.75) is 26.7 Å². The molecule has 2 bridgehead atoms. The minimum Gasteiger partial charge on any atom is -0.492 e. The van der Waals surface area contributed by atoms with Crippen molar-refractivity contribution in [3.8, 4) is 5.75 Å². The first-order valence-electron chi connectivity index (χ1n) is 8.86. The molecule has 0 N–H and O–H groups in total. The molecule has 4 aliphatic rings. The predicted octanol–water partition coefficient (Wildman–Crippen LogP) is 2.99. The van der Waals surface area contributed by atoms with E-state index in [9.17, 15) is 14.4 Å². The number of carbonyl (C=O) groups is 3. The molecule has 0 aromatic heterocycles. The number of Topliss-reactive ketones (excluding diaryl/α,β-unsaturated/α-hetero) is 1. The first kappa shape index (κ1) is 16.1. The molecular weight excluding hydrogens is 318 g/mol. The highest BCUT2D eigenvalue weighted by molar-refractivity contribution is 6.23. The van der Waals surface area contributed by atoms with Crippen LogP contribution >= 0.6 is 0 Å². The van der Waals surface area contributed by atoms with E-state index in [-0.39, 0.29) is 41.3 Å². The van der Waals surface area contributed by atoms with Crippen molar-refractivity contribution in [3.05, 3.63) is 35.9 Å². The summed E-state index contributed by atoms with van der Waals surface area (Å²) in [7, 11) is 0. The van der Waals surface area contributed by atoms with E-state index in [1.165, 1.54) is 11.8 Å². The van der Waals surface area contributed by atoms with E-state index < -0.39 is 0 Å². The number of fused-ring (bicyclic) bond motifs is 1. The molecule has 0 spiro atoms. The highest BCUT2D eigenvalue weighted by atomic mass is 16.5. The highest BCUT2D eigenvalue weighted by Crippen LogP contribution is 2.51. The number of carbonyl (C=O) groups excluding carboxylic acids is 3. The molecule has 5 rings (SSSR count). The highest BCUT2D eigenvalue weighted by Gasteiger charge is 2.57. The first-order chi connectivity index (χ1) is 12.0. The first-order valence-corrected chi connectivity index (χ1v) is 8.86. The number of benzene rings is 1. The molecule has 1 aromatic carbocycles. The Morgan fingerprint density at radius 2 is 1.72 bits per heavy atom. The van der Waals surface area contributed by atoms with Gasteiger partial charge in [-0.3, -0.25) is 14.4 Å². The molecule has 1 saturated carbocycles. The summed E-state index contributed by atoms with van der Waals surface area (Å²) in [6, 6.07) is 4.95. The van der Waals surface area contributed by atoms with Crippen molar-refractivity contribution in [1.29, 1.82) is 0 Å². The van der Waals surface area contributed by atoms with Crippen LogP contribution in [0.5, 0.6) is 5.75 Å². The van der Waals surface area contributed by atoms with Crippen molar-refractivity contribution in [3.63, 3.8) is 0 Å². The fourth-order valence-corrected chi connectivity index (χ4v) is 4.50. The minimum atomic E-state index is -0.272. The van der Waals surface area contributed by atoms with Crippen LogP contribution in [0.3, 0.4) is 0 Å². The lowest BCUT2D eigenvalue weighted by molar-refractivity contribution is -0.124. The Morgan fingerprint density at radius 3 is 2.20 bits per heavy atom. The van der Waals surface area contributed by atoms with Crippen molar-refractivity contribution in [2.75, 3.05) is 11.5 Å². The van der Waals surface area contributed by atoms with Gasteiger partial charge in [-0.2, -0.15) is 0 Å². The third-order valence-electron chi connectivity index (χ3n) is 5.67. The topological polar surface area (TPSA) is 63.7 Å². The summed E-state index contributed by atoms with van der Waals surface area (Å²) in [5.74, 6) is -0.216. The van der Waals surface area contributed by atoms with Crippen LogP contribution in [0, 0.1) is 23.7 Å². The third kappa shape index (κ3) is 2.33. The van der Waals surface area contributed by atoms with E-state index in [1.807, 2.05) is 6.92 Å². The monoisotopic (exact) mass is 339 g/mol. The summed E-state index contributed by atoms with van der Waals surface area (Å²) in [5.41, 5.74) is 0.869. The van der Waals surface area contributed by atoms with Crippen molar-refractivity contribution < 1.29 is 19.1 Å². The molecule has 1 aliphatic heterocycles. The van der Waals surface area contributed by atoms with Gasteiger partial charge in [0.05, 0.1) is 24.1 Å². The Bertz CT molecular complexity index is 765. The van der Waals surface area contributed by atoms with E-state index in [0.29, 0.717) is 23.6 Å². The number of anilines is 1. The van der Waals surface area contributed by atoms with Gasteiger partial charge in [0.25, 0.3) is 0 Å². The molecule has 1 aromatic rings. The summed E-state index contributed by atoms with van der Waals surface area (Å²) in [5, 5.41) is 0. The van der Waals surface area contributed by atoms with Crippen LogP contribution in [0.1, 0.15) is 37.0 Å². The number of hydrogen-bond acceptors (Lipinski definition) is 4. The molecule has 0 unspecified atom stereocenters. The van der Waals surface area contributed by atoms with Gasteiger partial charge in [-0.25, -0.2) is 4.90 Å². The number of ether oxygens (including phenoxy) is 1. The summed E-state index contributed by atoms with van der Waals surface area (Å²) in [6.07, 6.45) is 6.11. The molecule has 3 aliphatic carbocycles. The number of nitrogens with zero attached hydrogens (tertiary/aromatic N) is 1. The molecule has 130 valence electrons. The van der Waals surface area contributed by atoms with Gasteiger partial charge in [0.1, 0.15) is 5.75 Å². The van der Waals surface area contributed by atoms with Gasteiger partial charge < -0.3 is 4.74 Å². The number of ketones is 1. The zero-order valence-electron chi connectivity index (χ0n) is 14.4. The average Bonchev–Trinajstić information content (AvgIpc) is 2.90. The quantitative estimate of drug-likeness (QED) is 0.481. The Hall–Kier alpha value is -2.43. The predicted molar refractivity (Wildman–Crippen MR) is 92.4 cm³/mol. The maximum Gasteiger partial charge on any atom is 0.238 e. The maximum atomic E-state index is 13.1. The molecule has 25 heavy (non-hydrogen) atoms. The molecule has 2 amide bonds. The van der Waals surface area contributed by atoms with Gasteiger partial charge in [0.2, 0.25) is 11.8 Å². The van der Waals surface area contributed by atoms with E-state index in [0.717, 1.165) is 12.8 Å². The molecule has 4 atom stereocenters. The van der Waals surface area contributed by atoms with Crippen molar-refractivity contribution >= 4 is 23.3 Å². The van der Waals surface area contributed by atoms with E-state index >= 15 is 0 Å². The van der Waals surface area contributed by atoms with E-state index in [1.54, 1.807) is 18.2 Å². The lowest BCUT2D eigenvalue weighted by atomic mass is 9.63. The normalized spacial score (nSPS) is 29.9. The molecule has 5 heteroatoms. The Balaban J connectivity index is 1.79. The smallest absolute Gasteiger partial charge is 0.238 e. The zero-order valence-corrected chi connectivity index (χ0v) is 14.4. The van der Waals surface area contributed by atoms with Gasteiger partial charge in [-0.15, -0.1) is 0 Å². The summed E-state index contributed by atoms with van der Waals surface area (Å²) in [4.78, 5) is 39.3. The van der Waals surface area contributed by atoms with Crippen LogP contribution < -0.4 is 9.64 Å². The van der Waals surface area contributed by atoms with Crippen LogP contribution in [0.2, 0.25) is 0 Å². The Morgan fingerprint density at radius 1 is 1.12 bits per heavy atom. The molecule has 1 saturated heterocycles. The lowest BCUT2D eigenvalue weighted by Crippen LogP contribution is -2.38. The standard InChI is InChI=1S/C20H21NO4/c1-3-25-16-9-8-14(11(2)22)10-15(16)21-19(23)17-12-4-5-13(7-6-12)18(17)20(21)24/h4-5,8-10,12-13,17-18H,3,6-7H2,1-2H3/t12-,13-,17-,18+/m1/s1. The fourth-order valence-electron chi connectivity index (χ4n) is 4.50. The van der Waals surface area contributed by atoms with E-state index in [2.05, 4.69) is 12.2 Å². The van der Waals surface area contributed by atoms with Crippen LogP contribution in [0.25, 0.3) is 0 Å². The lowest BCUT2D eigenvalue weighted by Gasteiger charge is -2.38. The van der Waals surface area contributed by atoms with Gasteiger partial charge in [0.15, 0.2) is 5.78 Å². The summed E-state index contributed by atoms with van der Waals surface area (Å²) >= 11 is 0. The molecule has 2 fully saturated rings. The van der Waals surface area contributed by atoms with Crippen LogP contribution in [-0.2, 0) is 9.59 Å². The SMILES string of the molecule is CCOc1ccc(C(C)=O)cc1N1C(=O)[C@@H]2[C@H](C1=O)[C@@H]1C=C[C@@H]2CC1. The Labute approximate surface area is 146 Å². The van der Waals surface area contributed by atoms with Crippen LogP contribution in [-0.4, -0.2) is 24.2 Å². The second-order valence-electron chi connectivity index (χ2n) is 7.03. The Kier molecular flexibility index (Phi) is 3.74. The summed E-state index contributed by atoms with van der Waals surface area (Å²) < 4.78 is 5.63. The number of rotatable bonds is 4. The van der Waals surface area contributed by atoms with Gasteiger partial charge in [-0.05, 0) is 56.7 Å². The van der Waals surface area contributed by atoms with Crippen LogP contribution in [0.4, 0.5) is 5.69 Å². The van der Waals surface area contributed by atoms with Crippen LogP contribution in [0.15, 0.2) is 30.4 Å². The number of allylic oxidation sites excluding steroid dienone is 2. The number of hydrogen-bond donors (Lipinski definition) is 0. The molecular formula is C20H21NO4. The van der Waals surface area contributed by atoms with Gasteiger partial charge >= 0.3 is 0 Å². The number of amides is 2. The van der Waals surface area contributed by atoms with E-state index in [4.69, 9.17) is 4.74 Å². The zero-order chi connectivity index (χ0) is 17.7. The van der Waals surface area contributed by atoms with Gasteiger partial charge in [-0.1, -0.05) is 12.2 Å². The number of imide groups is 1. The minimum absolute atomic E-state index is 0.109. The molecule has 5 nitrogen and oxygen atoms in total. The fraction of sp³-hybridized carbons (Fsp3) is 0.450. The van der Waals surface area contributed by atoms with Crippen molar-refractivity contribution in [2.24, 2.45) is 23.7 Å². The average molecular weight is 339 g/mol. The molecule has 0 radical (unpaired) electrons. The molecule has 1 heterocycles. The maximum absolute atomic E-state index is 13.1. The third-order valence-corrected chi connectivity index (χ3v) is 5.67. The second kappa shape index (κ2) is 5.83. The second-order valence-corrected chi connectivity index (χ2v) is 7.03. The van der Waals surface area contributed by atoms with Gasteiger partial charge in [0, 0.05) is 5.56 Å². The summed E-state index contributed by atoms with van der Waals surface area (Å²) in [6.45, 7) is 3.74. The largest absolute Gasteiger partial charge is 0.492 e. The van der Waals surface area contributed by atoms with Crippen molar-refractivity contribution in [1.82, 2.24) is 0 Å².